The highest BCUT2D eigenvalue weighted by atomic mass is 32.2. The molecule has 0 aromatic heterocycles. The SMILES string of the molecule is CN(C)C(=O)[C@H]1CC[C@@H]2NS(=O)(=O)N(NC(=O)O)[C@@H]2C1. The maximum atomic E-state index is 12.0. The minimum absolute atomic E-state index is 0.0666. The average molecular weight is 306 g/mol. The minimum Gasteiger partial charge on any atom is -0.464 e. The Labute approximate surface area is 117 Å². The molecule has 1 saturated heterocycles. The van der Waals surface area contributed by atoms with Gasteiger partial charge in [-0.1, -0.05) is 4.41 Å². The zero-order valence-corrected chi connectivity index (χ0v) is 12.1. The van der Waals surface area contributed by atoms with Crippen LogP contribution in [0.5, 0.6) is 0 Å². The van der Waals surface area contributed by atoms with Crippen LogP contribution in [0.1, 0.15) is 19.3 Å². The molecular formula is C10H18N4O5S. The van der Waals surface area contributed by atoms with E-state index in [1.165, 1.54) is 4.90 Å². The molecule has 0 spiro atoms. The summed E-state index contributed by atoms with van der Waals surface area (Å²) in [6, 6.07) is -0.934. The van der Waals surface area contributed by atoms with Crippen LogP contribution in [0.4, 0.5) is 4.79 Å². The first-order valence-electron chi connectivity index (χ1n) is 6.25. The van der Waals surface area contributed by atoms with Gasteiger partial charge < -0.3 is 10.0 Å². The fraction of sp³-hybridized carbons (Fsp3) is 0.800. The summed E-state index contributed by atoms with van der Waals surface area (Å²) >= 11 is 0. The van der Waals surface area contributed by atoms with E-state index in [1.807, 2.05) is 5.43 Å². The van der Waals surface area contributed by atoms with Crippen LogP contribution in [-0.2, 0) is 15.0 Å². The summed E-state index contributed by atoms with van der Waals surface area (Å²) in [7, 11) is -0.579. The normalized spacial score (nSPS) is 32.4. The molecule has 2 amide bonds. The largest absolute Gasteiger partial charge is 0.464 e. The highest BCUT2D eigenvalue weighted by molar-refractivity contribution is 7.87. The summed E-state index contributed by atoms with van der Waals surface area (Å²) in [5, 5.41) is 8.74. The van der Waals surface area contributed by atoms with Crippen LogP contribution < -0.4 is 10.1 Å². The van der Waals surface area contributed by atoms with Crippen molar-refractivity contribution in [3.8, 4) is 0 Å². The molecule has 3 atom stereocenters. The van der Waals surface area contributed by atoms with E-state index in [-0.39, 0.29) is 17.9 Å². The Morgan fingerprint density at radius 3 is 2.55 bits per heavy atom. The van der Waals surface area contributed by atoms with Gasteiger partial charge in [0.25, 0.3) is 10.2 Å². The summed E-state index contributed by atoms with van der Waals surface area (Å²) in [4.78, 5) is 24.2. The average Bonchev–Trinajstić information content (AvgIpc) is 2.58. The highest BCUT2D eigenvalue weighted by Crippen LogP contribution is 2.33. The second kappa shape index (κ2) is 5.19. The van der Waals surface area contributed by atoms with Crippen molar-refractivity contribution in [1.29, 1.82) is 0 Å². The van der Waals surface area contributed by atoms with Crippen LogP contribution >= 0.6 is 0 Å². The fourth-order valence-electron chi connectivity index (χ4n) is 2.80. The summed E-state index contributed by atoms with van der Waals surface area (Å²) < 4.78 is 26.9. The standard InChI is InChI=1S/C10H18N4O5S/c1-13(2)9(15)6-3-4-7-8(5-6)14(11-10(16)17)20(18,19)12-7/h6-8,11-12H,3-5H2,1-2H3,(H,16,17)/t6-,7-,8+/m0/s1. The third-order valence-electron chi connectivity index (χ3n) is 3.67. The molecule has 0 unspecified atom stereocenters. The number of carbonyl (C=O) groups excluding carboxylic acids is 1. The van der Waals surface area contributed by atoms with E-state index in [0.717, 1.165) is 4.41 Å². The molecule has 1 saturated carbocycles. The molecule has 3 N–H and O–H groups in total. The highest BCUT2D eigenvalue weighted by Gasteiger charge is 2.49. The second-order valence-electron chi connectivity index (χ2n) is 5.25. The molecule has 2 fully saturated rings. The Morgan fingerprint density at radius 2 is 2.00 bits per heavy atom. The minimum atomic E-state index is -3.87. The number of rotatable bonds is 2. The van der Waals surface area contributed by atoms with Crippen molar-refractivity contribution in [2.24, 2.45) is 5.92 Å². The van der Waals surface area contributed by atoms with Gasteiger partial charge in [-0.05, 0) is 19.3 Å². The number of nitrogens with zero attached hydrogens (tertiary/aromatic N) is 2. The second-order valence-corrected chi connectivity index (χ2v) is 6.83. The number of amides is 2. The van der Waals surface area contributed by atoms with Gasteiger partial charge in [-0.2, -0.15) is 13.1 Å². The quantitative estimate of drug-likeness (QED) is 0.601. The fourth-order valence-corrected chi connectivity index (χ4v) is 4.36. The van der Waals surface area contributed by atoms with Crippen LogP contribution in [0, 0.1) is 5.92 Å². The van der Waals surface area contributed by atoms with E-state index >= 15 is 0 Å². The topological polar surface area (TPSA) is 119 Å². The zero-order valence-electron chi connectivity index (χ0n) is 11.2. The van der Waals surface area contributed by atoms with Gasteiger partial charge in [0.2, 0.25) is 5.91 Å². The molecule has 20 heavy (non-hydrogen) atoms. The van der Waals surface area contributed by atoms with Crippen molar-refractivity contribution in [1.82, 2.24) is 19.5 Å². The maximum Gasteiger partial charge on any atom is 0.420 e. The third-order valence-corrected chi connectivity index (χ3v) is 5.15. The third kappa shape index (κ3) is 2.72. The number of carbonyl (C=O) groups is 2. The number of hydrogen-bond donors (Lipinski definition) is 3. The van der Waals surface area contributed by atoms with E-state index < -0.39 is 22.3 Å². The van der Waals surface area contributed by atoms with Crippen molar-refractivity contribution in [3.63, 3.8) is 0 Å². The molecular weight excluding hydrogens is 288 g/mol. The molecule has 1 heterocycles. The van der Waals surface area contributed by atoms with Crippen molar-refractivity contribution in [3.05, 3.63) is 0 Å². The molecule has 1 aliphatic heterocycles. The lowest BCUT2D eigenvalue weighted by Crippen LogP contribution is -2.51. The van der Waals surface area contributed by atoms with E-state index in [0.29, 0.717) is 19.3 Å². The van der Waals surface area contributed by atoms with Gasteiger partial charge in [-0.3, -0.25) is 4.79 Å². The van der Waals surface area contributed by atoms with Crippen LogP contribution in [0.3, 0.4) is 0 Å². The van der Waals surface area contributed by atoms with Gasteiger partial charge in [0.15, 0.2) is 0 Å². The monoisotopic (exact) mass is 306 g/mol. The molecule has 114 valence electrons. The molecule has 0 aromatic carbocycles. The van der Waals surface area contributed by atoms with Crippen LogP contribution in [0.2, 0.25) is 0 Å². The Bertz CT molecular complexity index is 520. The van der Waals surface area contributed by atoms with Crippen LogP contribution in [0.15, 0.2) is 0 Å². The maximum absolute atomic E-state index is 12.0. The number of hydrogen-bond acceptors (Lipinski definition) is 4. The summed E-state index contributed by atoms with van der Waals surface area (Å²) in [5.74, 6) is -0.359. The predicted molar refractivity (Wildman–Crippen MR) is 68.7 cm³/mol. The lowest BCUT2D eigenvalue weighted by Gasteiger charge is -2.33. The van der Waals surface area contributed by atoms with E-state index in [9.17, 15) is 18.0 Å². The Hall–Kier alpha value is -1.39. The van der Waals surface area contributed by atoms with Crippen LogP contribution in [0.25, 0.3) is 0 Å². The van der Waals surface area contributed by atoms with Gasteiger partial charge >= 0.3 is 6.09 Å². The zero-order chi connectivity index (χ0) is 15.1. The van der Waals surface area contributed by atoms with Gasteiger partial charge in [-0.25, -0.2) is 10.2 Å². The van der Waals surface area contributed by atoms with E-state index in [1.54, 1.807) is 14.1 Å². The molecule has 0 aromatic rings. The summed E-state index contributed by atoms with van der Waals surface area (Å²) in [6.07, 6.45) is -0.0565. The lowest BCUT2D eigenvalue weighted by atomic mass is 9.82. The van der Waals surface area contributed by atoms with Crippen molar-refractivity contribution in [2.45, 2.75) is 31.3 Å². The van der Waals surface area contributed by atoms with E-state index in [2.05, 4.69) is 4.72 Å². The first-order chi connectivity index (χ1) is 9.22. The van der Waals surface area contributed by atoms with Gasteiger partial charge in [0, 0.05) is 26.1 Å². The number of hydrazine groups is 1. The molecule has 0 bridgehead atoms. The molecule has 0 radical (unpaired) electrons. The summed E-state index contributed by atoms with van der Waals surface area (Å²) in [5.41, 5.74) is 1.89. The Morgan fingerprint density at radius 1 is 1.35 bits per heavy atom. The predicted octanol–water partition coefficient (Wildman–Crippen LogP) is -1.06. The van der Waals surface area contributed by atoms with Crippen molar-refractivity contribution >= 4 is 22.2 Å². The van der Waals surface area contributed by atoms with Gasteiger partial charge in [0.1, 0.15) is 0 Å². The van der Waals surface area contributed by atoms with E-state index in [4.69, 9.17) is 5.11 Å². The lowest BCUT2D eigenvalue weighted by molar-refractivity contribution is -0.134. The number of nitrogens with one attached hydrogen (secondary N) is 2. The molecule has 2 aliphatic rings. The van der Waals surface area contributed by atoms with Crippen LogP contribution in [-0.4, -0.2) is 61.0 Å². The van der Waals surface area contributed by atoms with Crippen molar-refractivity contribution in [2.75, 3.05) is 14.1 Å². The first-order valence-corrected chi connectivity index (χ1v) is 7.69. The Kier molecular flexibility index (Phi) is 3.89. The summed E-state index contributed by atoms with van der Waals surface area (Å²) in [6.45, 7) is 0. The first kappa shape index (κ1) is 15.0. The van der Waals surface area contributed by atoms with Gasteiger partial charge in [0.05, 0.1) is 6.04 Å². The van der Waals surface area contributed by atoms with Gasteiger partial charge in [-0.15, -0.1) is 0 Å². The number of carboxylic acid groups (broad SMARTS) is 1. The molecule has 1 aliphatic carbocycles. The number of fused-ring (bicyclic) bond motifs is 1. The molecule has 2 rings (SSSR count). The Balaban J connectivity index is 2.18. The smallest absolute Gasteiger partial charge is 0.420 e. The van der Waals surface area contributed by atoms with Crippen molar-refractivity contribution < 1.29 is 23.1 Å². The molecule has 9 nitrogen and oxygen atoms in total. The molecule has 10 heteroatoms.